The van der Waals surface area contributed by atoms with Crippen LogP contribution < -0.4 is 10.0 Å². The number of thiophene rings is 1. The highest BCUT2D eigenvalue weighted by Gasteiger charge is 2.21. The summed E-state index contributed by atoms with van der Waals surface area (Å²) in [5.41, 5.74) is 0. The summed E-state index contributed by atoms with van der Waals surface area (Å²) in [6, 6.07) is 3.60. The second-order valence-corrected chi connectivity index (χ2v) is 8.54. The predicted molar refractivity (Wildman–Crippen MR) is 83.5 cm³/mol. The summed E-state index contributed by atoms with van der Waals surface area (Å²) in [5.74, 6) is 0.859. The first-order valence-electron chi connectivity index (χ1n) is 7.41. The number of sulfonamides is 1. The van der Waals surface area contributed by atoms with Crippen LogP contribution >= 0.6 is 11.3 Å². The SMILES string of the molecule is CCCNCc1ccc(S(=O)(=O)NCCCC2CC2)s1. The van der Waals surface area contributed by atoms with E-state index >= 15 is 0 Å². The fourth-order valence-electron chi connectivity index (χ4n) is 2.06. The number of hydrogen-bond donors (Lipinski definition) is 2. The minimum absolute atomic E-state index is 0.428. The maximum Gasteiger partial charge on any atom is 0.250 e. The lowest BCUT2D eigenvalue weighted by Crippen LogP contribution is -2.24. The van der Waals surface area contributed by atoms with Crippen molar-refractivity contribution in [3.63, 3.8) is 0 Å². The van der Waals surface area contributed by atoms with Gasteiger partial charge in [0.15, 0.2) is 0 Å². The molecule has 2 rings (SSSR count). The summed E-state index contributed by atoms with van der Waals surface area (Å²) in [4.78, 5) is 1.07. The molecule has 1 aliphatic rings. The zero-order valence-corrected chi connectivity index (χ0v) is 13.7. The van der Waals surface area contributed by atoms with E-state index in [9.17, 15) is 8.42 Å². The van der Waals surface area contributed by atoms with Crippen LogP contribution in [-0.4, -0.2) is 21.5 Å². The molecule has 20 heavy (non-hydrogen) atoms. The van der Waals surface area contributed by atoms with Crippen LogP contribution in [0.4, 0.5) is 0 Å². The van der Waals surface area contributed by atoms with Gasteiger partial charge in [0.25, 0.3) is 0 Å². The molecule has 6 heteroatoms. The van der Waals surface area contributed by atoms with E-state index in [4.69, 9.17) is 0 Å². The molecule has 114 valence electrons. The van der Waals surface area contributed by atoms with Crippen LogP contribution in [0.2, 0.25) is 0 Å². The molecule has 1 aliphatic carbocycles. The van der Waals surface area contributed by atoms with Crippen molar-refractivity contribution in [3.8, 4) is 0 Å². The van der Waals surface area contributed by atoms with Crippen molar-refractivity contribution in [2.24, 2.45) is 5.92 Å². The van der Waals surface area contributed by atoms with Gasteiger partial charge in [-0.05, 0) is 43.9 Å². The molecule has 0 bridgehead atoms. The van der Waals surface area contributed by atoms with Crippen molar-refractivity contribution >= 4 is 21.4 Å². The van der Waals surface area contributed by atoms with Crippen molar-refractivity contribution in [1.82, 2.24) is 10.0 Å². The van der Waals surface area contributed by atoms with E-state index in [1.165, 1.54) is 24.2 Å². The van der Waals surface area contributed by atoms with E-state index in [1.807, 2.05) is 6.07 Å². The van der Waals surface area contributed by atoms with Gasteiger partial charge in [-0.3, -0.25) is 0 Å². The molecular weight excluding hydrogens is 292 g/mol. The fourth-order valence-corrected chi connectivity index (χ4v) is 4.51. The van der Waals surface area contributed by atoms with Crippen LogP contribution in [-0.2, 0) is 16.6 Å². The average molecular weight is 316 g/mol. The first kappa shape index (κ1) is 15.9. The van der Waals surface area contributed by atoms with E-state index in [-0.39, 0.29) is 0 Å². The fraction of sp³-hybridized carbons (Fsp3) is 0.714. The zero-order chi connectivity index (χ0) is 14.4. The summed E-state index contributed by atoms with van der Waals surface area (Å²) in [6.07, 6.45) is 5.83. The molecule has 0 aromatic carbocycles. The smallest absolute Gasteiger partial charge is 0.250 e. The second kappa shape index (κ2) is 7.54. The summed E-state index contributed by atoms with van der Waals surface area (Å²) in [5, 5.41) is 3.28. The Morgan fingerprint density at radius 2 is 2.10 bits per heavy atom. The molecule has 2 N–H and O–H groups in total. The van der Waals surface area contributed by atoms with E-state index in [0.29, 0.717) is 10.8 Å². The molecule has 0 aliphatic heterocycles. The van der Waals surface area contributed by atoms with Crippen molar-refractivity contribution in [2.45, 2.75) is 49.8 Å². The van der Waals surface area contributed by atoms with Gasteiger partial charge in [-0.15, -0.1) is 11.3 Å². The Morgan fingerprint density at radius 3 is 2.80 bits per heavy atom. The lowest BCUT2D eigenvalue weighted by Gasteiger charge is -2.04. The minimum Gasteiger partial charge on any atom is -0.312 e. The van der Waals surface area contributed by atoms with E-state index in [1.54, 1.807) is 6.07 Å². The molecule has 1 aromatic rings. The molecule has 0 saturated heterocycles. The van der Waals surface area contributed by atoms with Crippen LogP contribution in [0.1, 0.15) is 43.9 Å². The van der Waals surface area contributed by atoms with E-state index in [0.717, 1.165) is 43.1 Å². The monoisotopic (exact) mass is 316 g/mol. The Morgan fingerprint density at radius 1 is 1.30 bits per heavy atom. The molecule has 1 fully saturated rings. The standard InChI is InChI=1S/C14H24N2O2S2/c1-2-9-15-11-13-7-8-14(19-13)20(17,18)16-10-3-4-12-5-6-12/h7-8,12,15-16H,2-6,9-11H2,1H3. The third kappa shape index (κ3) is 5.16. The molecule has 4 nitrogen and oxygen atoms in total. The maximum absolute atomic E-state index is 12.1. The van der Waals surface area contributed by atoms with Crippen LogP contribution in [0.15, 0.2) is 16.3 Å². The van der Waals surface area contributed by atoms with Gasteiger partial charge in [0.1, 0.15) is 4.21 Å². The van der Waals surface area contributed by atoms with Crippen molar-refractivity contribution in [2.75, 3.05) is 13.1 Å². The highest BCUT2D eigenvalue weighted by atomic mass is 32.2. The van der Waals surface area contributed by atoms with E-state index < -0.39 is 10.0 Å². The molecule has 1 aromatic heterocycles. The maximum atomic E-state index is 12.1. The van der Waals surface area contributed by atoms with Gasteiger partial charge < -0.3 is 5.32 Å². The van der Waals surface area contributed by atoms with Crippen molar-refractivity contribution in [1.29, 1.82) is 0 Å². The molecule has 1 heterocycles. The topological polar surface area (TPSA) is 58.2 Å². The first-order chi connectivity index (χ1) is 9.62. The van der Waals surface area contributed by atoms with E-state index in [2.05, 4.69) is 17.0 Å². The Labute approximate surface area is 126 Å². The summed E-state index contributed by atoms with van der Waals surface area (Å²) < 4.78 is 27.4. The summed E-state index contributed by atoms with van der Waals surface area (Å²) in [7, 11) is -3.31. The third-order valence-corrected chi connectivity index (χ3v) is 6.44. The van der Waals surface area contributed by atoms with Crippen molar-refractivity contribution < 1.29 is 8.42 Å². The Kier molecular flexibility index (Phi) is 6.01. The van der Waals surface area contributed by atoms with Crippen LogP contribution in [0, 0.1) is 5.92 Å². The Bertz CT molecular complexity index is 507. The van der Waals surface area contributed by atoms with Crippen LogP contribution in [0.3, 0.4) is 0 Å². The third-order valence-electron chi connectivity index (χ3n) is 3.41. The Balaban J connectivity index is 1.78. The predicted octanol–water partition coefficient (Wildman–Crippen LogP) is 2.72. The highest BCUT2D eigenvalue weighted by molar-refractivity contribution is 7.91. The van der Waals surface area contributed by atoms with Gasteiger partial charge in [-0.2, -0.15) is 0 Å². The summed E-state index contributed by atoms with van der Waals surface area (Å²) >= 11 is 1.35. The van der Waals surface area contributed by atoms with Crippen LogP contribution in [0.5, 0.6) is 0 Å². The highest BCUT2D eigenvalue weighted by Crippen LogP contribution is 2.33. The number of nitrogens with one attached hydrogen (secondary N) is 2. The molecule has 0 spiro atoms. The summed E-state index contributed by atoms with van der Waals surface area (Å²) in [6.45, 7) is 4.37. The van der Waals surface area contributed by atoms with Gasteiger partial charge in [-0.1, -0.05) is 19.8 Å². The molecule has 0 radical (unpaired) electrons. The minimum atomic E-state index is -3.31. The largest absolute Gasteiger partial charge is 0.312 e. The molecule has 1 saturated carbocycles. The molecule has 0 amide bonds. The van der Waals surface area contributed by atoms with Gasteiger partial charge in [0.05, 0.1) is 0 Å². The lowest BCUT2D eigenvalue weighted by atomic mass is 10.2. The van der Waals surface area contributed by atoms with Gasteiger partial charge in [0, 0.05) is 18.0 Å². The molecule has 0 atom stereocenters. The Hall–Kier alpha value is -0.430. The lowest BCUT2D eigenvalue weighted by molar-refractivity contribution is 0.574. The first-order valence-corrected chi connectivity index (χ1v) is 9.71. The van der Waals surface area contributed by atoms with Gasteiger partial charge in [-0.25, -0.2) is 13.1 Å². The number of hydrogen-bond acceptors (Lipinski definition) is 4. The van der Waals surface area contributed by atoms with Gasteiger partial charge in [0.2, 0.25) is 10.0 Å². The average Bonchev–Trinajstić information content (AvgIpc) is 3.11. The molecular formula is C14H24N2O2S2. The second-order valence-electron chi connectivity index (χ2n) is 5.38. The van der Waals surface area contributed by atoms with Gasteiger partial charge >= 0.3 is 0 Å². The number of rotatable bonds is 10. The van der Waals surface area contributed by atoms with Crippen LogP contribution in [0.25, 0.3) is 0 Å². The van der Waals surface area contributed by atoms with Crippen molar-refractivity contribution in [3.05, 3.63) is 17.0 Å². The molecule has 0 unspecified atom stereocenters. The quantitative estimate of drug-likeness (QED) is 0.653. The normalized spacial score (nSPS) is 15.7. The zero-order valence-electron chi connectivity index (χ0n) is 12.0.